The van der Waals surface area contributed by atoms with Gasteiger partial charge in [0.1, 0.15) is 29.6 Å². The van der Waals surface area contributed by atoms with Crippen LogP contribution in [0.1, 0.15) is 49.9 Å². The molecule has 198 valence electrons. The summed E-state index contributed by atoms with van der Waals surface area (Å²) in [4.78, 5) is 14.8. The Kier molecular flexibility index (Phi) is 8.07. The van der Waals surface area contributed by atoms with Crippen LogP contribution in [0.2, 0.25) is 0 Å². The molecule has 0 unspecified atom stereocenters. The number of thiocarbonyl (C=S) groups is 1. The fourth-order valence-corrected chi connectivity index (χ4v) is 4.66. The van der Waals surface area contributed by atoms with E-state index < -0.39 is 0 Å². The van der Waals surface area contributed by atoms with Gasteiger partial charge in [-0.05, 0) is 84.6 Å². The Morgan fingerprint density at radius 1 is 0.974 bits per heavy atom. The lowest BCUT2D eigenvalue weighted by Gasteiger charge is -2.23. The highest BCUT2D eigenvalue weighted by atomic mass is 32.1. The summed E-state index contributed by atoms with van der Waals surface area (Å²) >= 11 is 5.51. The minimum atomic E-state index is -0.245. The summed E-state index contributed by atoms with van der Waals surface area (Å²) in [6.45, 7) is 11.3. The second-order valence-corrected chi connectivity index (χ2v) is 10.5. The summed E-state index contributed by atoms with van der Waals surface area (Å²) in [6.07, 6.45) is 1.79. The third-order valence-electron chi connectivity index (χ3n) is 6.23. The summed E-state index contributed by atoms with van der Waals surface area (Å²) in [6, 6.07) is 19.4. The number of methoxy groups -OCH3 is 1. The van der Waals surface area contributed by atoms with Crippen molar-refractivity contribution in [1.82, 2.24) is 5.32 Å². The molecular weight excluding hydrogens is 496 g/mol. The Balaban J connectivity index is 1.61. The van der Waals surface area contributed by atoms with Crippen LogP contribution in [-0.2, 0) is 16.8 Å². The molecule has 1 aliphatic heterocycles. The quantitative estimate of drug-likeness (QED) is 0.264. The Bertz CT molecular complexity index is 1390. The van der Waals surface area contributed by atoms with Crippen LogP contribution in [0.25, 0.3) is 6.08 Å². The molecule has 1 amide bonds. The average Bonchev–Trinajstić information content (AvgIpc) is 3.15. The van der Waals surface area contributed by atoms with E-state index in [-0.39, 0.29) is 11.3 Å². The number of hydrogen-bond donors (Lipinski definition) is 1. The highest BCUT2D eigenvalue weighted by Crippen LogP contribution is 2.34. The van der Waals surface area contributed by atoms with E-state index in [0.717, 1.165) is 28.0 Å². The molecule has 4 rings (SSSR count). The van der Waals surface area contributed by atoms with Gasteiger partial charge in [-0.2, -0.15) is 0 Å². The van der Waals surface area contributed by atoms with Crippen molar-refractivity contribution < 1.29 is 19.0 Å². The number of hydrogen-bond acceptors (Lipinski definition) is 5. The van der Waals surface area contributed by atoms with Crippen LogP contribution in [0.5, 0.6) is 17.2 Å². The number of amides is 1. The van der Waals surface area contributed by atoms with Crippen molar-refractivity contribution in [2.45, 2.75) is 46.6 Å². The summed E-state index contributed by atoms with van der Waals surface area (Å²) in [5, 5.41) is 3.36. The zero-order valence-corrected chi connectivity index (χ0v) is 23.6. The molecule has 7 heteroatoms. The molecule has 1 saturated heterocycles. The third kappa shape index (κ3) is 5.83. The lowest BCUT2D eigenvalue weighted by Crippen LogP contribution is -2.30. The molecule has 1 fully saturated rings. The second kappa shape index (κ2) is 11.3. The van der Waals surface area contributed by atoms with Crippen molar-refractivity contribution >= 4 is 35.0 Å². The Hall–Kier alpha value is -3.84. The van der Waals surface area contributed by atoms with Crippen LogP contribution in [0.3, 0.4) is 0 Å². The first kappa shape index (κ1) is 27.2. The van der Waals surface area contributed by atoms with E-state index in [1.54, 1.807) is 13.2 Å². The normalized spacial score (nSPS) is 14.6. The van der Waals surface area contributed by atoms with Crippen LogP contribution >= 0.6 is 12.2 Å². The number of ether oxygens (including phenoxy) is 3. The number of nitrogens with zero attached hydrogens (tertiary/aromatic N) is 1. The van der Waals surface area contributed by atoms with Crippen molar-refractivity contribution in [3.05, 3.63) is 88.6 Å². The summed E-state index contributed by atoms with van der Waals surface area (Å²) in [7, 11) is 1.64. The predicted octanol–water partition coefficient (Wildman–Crippen LogP) is 6.54. The molecule has 0 atom stereocenters. The van der Waals surface area contributed by atoms with Gasteiger partial charge in [0.2, 0.25) is 0 Å². The van der Waals surface area contributed by atoms with Gasteiger partial charge < -0.3 is 19.5 Å². The van der Waals surface area contributed by atoms with Crippen LogP contribution < -0.4 is 24.4 Å². The number of para-hydroxylation sites is 2. The number of aryl methyl sites for hydroxylation is 1. The minimum absolute atomic E-state index is 0.0566. The van der Waals surface area contributed by atoms with Gasteiger partial charge in [-0.1, -0.05) is 51.1 Å². The zero-order chi connectivity index (χ0) is 27.4. The molecular formula is C31H34N2O4S. The van der Waals surface area contributed by atoms with E-state index >= 15 is 0 Å². The van der Waals surface area contributed by atoms with Gasteiger partial charge in [0.05, 0.1) is 19.4 Å². The monoisotopic (exact) mass is 530 g/mol. The van der Waals surface area contributed by atoms with Crippen molar-refractivity contribution in [2.24, 2.45) is 0 Å². The van der Waals surface area contributed by atoms with E-state index in [1.165, 1.54) is 4.90 Å². The lowest BCUT2D eigenvalue weighted by atomic mass is 9.86. The Morgan fingerprint density at radius 3 is 2.45 bits per heavy atom. The molecule has 0 saturated carbocycles. The Labute approximate surface area is 230 Å². The number of benzene rings is 3. The van der Waals surface area contributed by atoms with Gasteiger partial charge in [0.25, 0.3) is 5.91 Å². The van der Waals surface area contributed by atoms with Crippen LogP contribution in [-0.4, -0.2) is 24.7 Å². The van der Waals surface area contributed by atoms with Gasteiger partial charge in [0, 0.05) is 5.56 Å². The molecule has 38 heavy (non-hydrogen) atoms. The minimum Gasteiger partial charge on any atom is -0.496 e. The molecule has 0 bridgehead atoms. The number of rotatable bonds is 8. The van der Waals surface area contributed by atoms with Crippen molar-refractivity contribution in [1.29, 1.82) is 0 Å². The molecule has 3 aromatic carbocycles. The number of carbonyl (C=O) groups is 1. The number of nitrogens with one attached hydrogen (secondary N) is 1. The van der Waals surface area contributed by atoms with E-state index in [0.29, 0.717) is 41.2 Å². The van der Waals surface area contributed by atoms with E-state index in [2.05, 4.69) is 51.2 Å². The largest absolute Gasteiger partial charge is 0.496 e. The molecule has 1 aliphatic rings. The van der Waals surface area contributed by atoms with E-state index in [9.17, 15) is 4.79 Å². The van der Waals surface area contributed by atoms with Crippen LogP contribution in [0, 0.1) is 6.92 Å². The van der Waals surface area contributed by atoms with Crippen molar-refractivity contribution in [2.75, 3.05) is 18.6 Å². The van der Waals surface area contributed by atoms with Crippen LogP contribution in [0.15, 0.2) is 66.4 Å². The molecule has 1 heterocycles. The first-order valence-corrected chi connectivity index (χ1v) is 13.0. The van der Waals surface area contributed by atoms with Gasteiger partial charge in [-0.25, -0.2) is 4.90 Å². The highest BCUT2D eigenvalue weighted by Gasteiger charge is 2.33. The summed E-state index contributed by atoms with van der Waals surface area (Å²) in [5.74, 6) is 1.92. The maximum atomic E-state index is 13.4. The SMILES string of the molecule is CCOc1ccccc1N1C(=O)/C(=C\c2ccc(OC)c(COc3cc(C)ccc3C(C)(C)C)c2)NC1=S. The smallest absolute Gasteiger partial charge is 0.281 e. The molecule has 3 aromatic rings. The first-order chi connectivity index (χ1) is 18.1. The number of carbonyl (C=O) groups excluding carboxylic acids is 1. The molecule has 1 N–H and O–H groups in total. The Morgan fingerprint density at radius 2 is 1.74 bits per heavy atom. The topological polar surface area (TPSA) is 60.0 Å². The van der Waals surface area contributed by atoms with Crippen LogP contribution in [0.4, 0.5) is 5.69 Å². The lowest BCUT2D eigenvalue weighted by molar-refractivity contribution is -0.113. The van der Waals surface area contributed by atoms with Gasteiger partial charge >= 0.3 is 0 Å². The highest BCUT2D eigenvalue weighted by molar-refractivity contribution is 7.80. The van der Waals surface area contributed by atoms with Gasteiger partial charge in [0.15, 0.2) is 5.11 Å². The zero-order valence-electron chi connectivity index (χ0n) is 22.8. The first-order valence-electron chi connectivity index (χ1n) is 12.6. The van der Waals surface area contributed by atoms with E-state index in [4.69, 9.17) is 26.4 Å². The van der Waals surface area contributed by atoms with Crippen molar-refractivity contribution in [3.63, 3.8) is 0 Å². The molecule has 6 nitrogen and oxygen atoms in total. The second-order valence-electron chi connectivity index (χ2n) is 10.1. The van der Waals surface area contributed by atoms with Gasteiger partial charge in [-0.15, -0.1) is 0 Å². The summed E-state index contributed by atoms with van der Waals surface area (Å²) < 4.78 is 17.6. The predicted molar refractivity (Wildman–Crippen MR) is 156 cm³/mol. The summed E-state index contributed by atoms with van der Waals surface area (Å²) in [5.41, 5.74) is 4.90. The molecule has 0 aliphatic carbocycles. The van der Waals surface area contributed by atoms with Gasteiger partial charge in [-0.3, -0.25) is 4.79 Å². The average molecular weight is 531 g/mol. The molecule has 0 radical (unpaired) electrons. The fourth-order valence-electron chi connectivity index (χ4n) is 4.37. The fraction of sp³-hybridized carbons (Fsp3) is 0.290. The van der Waals surface area contributed by atoms with Crippen molar-refractivity contribution in [3.8, 4) is 17.2 Å². The molecule has 0 spiro atoms. The number of anilines is 1. The third-order valence-corrected chi connectivity index (χ3v) is 6.51. The maximum absolute atomic E-state index is 13.4. The van der Waals surface area contributed by atoms with E-state index in [1.807, 2.05) is 49.4 Å². The maximum Gasteiger partial charge on any atom is 0.281 e. The molecule has 0 aromatic heterocycles. The standard InChI is InChI=1S/C31H34N2O4S/c1-7-36-27-11-9-8-10-25(27)33-29(34)24(32-30(33)38)18-21-13-15-26(35-6)22(17-21)19-37-28-16-20(2)12-14-23(28)31(3,4)5/h8-18H,7,19H2,1-6H3,(H,32,38)/b24-18+.